The predicted molar refractivity (Wildman–Crippen MR) is 89.3 cm³/mol. The number of nitrogens with zero attached hydrogens (tertiary/aromatic N) is 2. The highest BCUT2D eigenvalue weighted by atomic mass is 16.2. The molecule has 1 aromatic carbocycles. The molecule has 1 aromatic heterocycles. The topological polar surface area (TPSA) is 54.3 Å². The van der Waals surface area contributed by atoms with Crippen LogP contribution in [0.2, 0.25) is 0 Å². The minimum Gasteiger partial charge on any atom is -0.344 e. The molecule has 5 nitrogen and oxygen atoms in total. The number of aromatic nitrogens is 1. The maximum Gasteiger partial charge on any atom is 0.271 e. The smallest absolute Gasteiger partial charge is 0.271 e. The largest absolute Gasteiger partial charge is 0.344 e. The zero-order valence-electron chi connectivity index (χ0n) is 13.5. The Morgan fingerprint density at radius 1 is 1.13 bits per heavy atom. The van der Waals surface area contributed by atoms with Crippen molar-refractivity contribution in [2.75, 3.05) is 11.9 Å². The van der Waals surface area contributed by atoms with E-state index in [1.54, 1.807) is 4.90 Å². The van der Waals surface area contributed by atoms with E-state index in [0.29, 0.717) is 18.7 Å². The molecule has 23 heavy (non-hydrogen) atoms. The van der Waals surface area contributed by atoms with Crippen molar-refractivity contribution in [1.29, 1.82) is 0 Å². The number of carbonyl (C=O) groups excluding carboxylic acids is 2. The molecule has 1 N–H and O–H groups in total. The third-order valence-electron chi connectivity index (χ3n) is 4.45. The maximum absolute atomic E-state index is 12.8. The van der Waals surface area contributed by atoms with Crippen LogP contribution < -0.4 is 5.32 Å². The van der Waals surface area contributed by atoms with Crippen LogP contribution >= 0.6 is 0 Å². The highest BCUT2D eigenvalue weighted by Gasteiger charge is 2.35. The Kier molecular flexibility index (Phi) is 4.19. The van der Waals surface area contributed by atoms with Crippen LogP contribution in [-0.2, 0) is 11.8 Å². The number of likely N-dealkylation sites (tertiary alicyclic amines) is 1. The lowest BCUT2D eigenvalue weighted by Crippen LogP contribution is -2.43. The van der Waals surface area contributed by atoms with Crippen LogP contribution in [0.5, 0.6) is 0 Å². The molecule has 5 heteroatoms. The van der Waals surface area contributed by atoms with Gasteiger partial charge < -0.3 is 14.8 Å². The molecular formula is C18H21N3O2. The normalized spacial score (nSPS) is 17.3. The van der Waals surface area contributed by atoms with E-state index in [4.69, 9.17) is 0 Å². The molecule has 1 unspecified atom stereocenters. The van der Waals surface area contributed by atoms with Crippen LogP contribution in [0, 0.1) is 6.92 Å². The Balaban J connectivity index is 1.76. The number of para-hydroxylation sites is 1. The van der Waals surface area contributed by atoms with Gasteiger partial charge in [-0.1, -0.05) is 18.2 Å². The second-order valence-corrected chi connectivity index (χ2v) is 5.93. The van der Waals surface area contributed by atoms with Crippen molar-refractivity contribution in [3.63, 3.8) is 0 Å². The zero-order chi connectivity index (χ0) is 16.4. The van der Waals surface area contributed by atoms with Crippen LogP contribution in [0.15, 0.2) is 42.5 Å². The van der Waals surface area contributed by atoms with E-state index in [1.165, 1.54) is 0 Å². The van der Waals surface area contributed by atoms with Gasteiger partial charge in [-0.15, -0.1) is 0 Å². The first kappa shape index (κ1) is 15.3. The molecule has 1 aliphatic heterocycles. The standard InChI is InChI=1S/C18H21N3O2/c1-13-10-11-16(20(13)2)18(23)21-12-6-9-15(21)17(22)19-14-7-4-3-5-8-14/h3-5,7-8,10-11,15H,6,9,12H2,1-2H3,(H,19,22). The van der Waals surface area contributed by atoms with Crippen molar-refractivity contribution in [1.82, 2.24) is 9.47 Å². The summed E-state index contributed by atoms with van der Waals surface area (Å²) in [6.07, 6.45) is 1.55. The molecule has 0 spiro atoms. The first-order valence-corrected chi connectivity index (χ1v) is 7.87. The summed E-state index contributed by atoms with van der Waals surface area (Å²) in [5, 5.41) is 2.90. The monoisotopic (exact) mass is 311 g/mol. The molecule has 3 rings (SSSR count). The molecule has 2 amide bonds. The van der Waals surface area contributed by atoms with Crippen LogP contribution in [-0.4, -0.2) is 33.9 Å². The lowest BCUT2D eigenvalue weighted by Gasteiger charge is -2.24. The van der Waals surface area contributed by atoms with Crippen LogP contribution in [0.1, 0.15) is 29.0 Å². The summed E-state index contributed by atoms with van der Waals surface area (Å²) in [5.41, 5.74) is 2.41. The number of nitrogens with one attached hydrogen (secondary N) is 1. The van der Waals surface area contributed by atoms with Gasteiger partial charge >= 0.3 is 0 Å². The molecule has 1 saturated heterocycles. The summed E-state index contributed by atoms with van der Waals surface area (Å²) in [4.78, 5) is 27.0. The van der Waals surface area contributed by atoms with Crippen LogP contribution in [0.4, 0.5) is 5.69 Å². The molecule has 0 aliphatic carbocycles. The quantitative estimate of drug-likeness (QED) is 0.947. The van der Waals surface area contributed by atoms with Gasteiger partial charge in [-0.05, 0) is 44.0 Å². The molecule has 0 bridgehead atoms. The summed E-state index contributed by atoms with van der Waals surface area (Å²) < 4.78 is 1.87. The van der Waals surface area contributed by atoms with Gasteiger partial charge in [-0.25, -0.2) is 0 Å². The highest BCUT2D eigenvalue weighted by Crippen LogP contribution is 2.22. The van der Waals surface area contributed by atoms with E-state index in [9.17, 15) is 9.59 Å². The van der Waals surface area contributed by atoms with Crippen molar-refractivity contribution in [3.8, 4) is 0 Å². The minimum absolute atomic E-state index is 0.0775. The van der Waals surface area contributed by atoms with Gasteiger partial charge in [0.15, 0.2) is 0 Å². The van der Waals surface area contributed by atoms with E-state index in [1.807, 2.05) is 61.0 Å². The highest BCUT2D eigenvalue weighted by molar-refractivity contribution is 6.01. The fraction of sp³-hybridized carbons (Fsp3) is 0.333. The molecule has 0 radical (unpaired) electrons. The number of carbonyl (C=O) groups is 2. The van der Waals surface area contributed by atoms with E-state index < -0.39 is 6.04 Å². The SMILES string of the molecule is Cc1ccc(C(=O)N2CCCC2C(=O)Nc2ccccc2)n1C. The number of amides is 2. The van der Waals surface area contributed by atoms with Crippen molar-refractivity contribution in [2.45, 2.75) is 25.8 Å². The minimum atomic E-state index is -0.405. The molecule has 1 atom stereocenters. The number of rotatable bonds is 3. The first-order chi connectivity index (χ1) is 11.1. The third-order valence-corrected chi connectivity index (χ3v) is 4.45. The number of aryl methyl sites for hydroxylation is 1. The molecule has 1 aliphatic rings. The summed E-state index contributed by atoms with van der Waals surface area (Å²) in [6, 6.07) is 12.7. The molecular weight excluding hydrogens is 290 g/mol. The number of benzene rings is 1. The van der Waals surface area contributed by atoms with Gasteiger partial charge in [0.05, 0.1) is 0 Å². The van der Waals surface area contributed by atoms with Gasteiger partial charge in [0.25, 0.3) is 5.91 Å². The van der Waals surface area contributed by atoms with Gasteiger partial charge in [0.1, 0.15) is 11.7 Å². The summed E-state index contributed by atoms with van der Waals surface area (Å²) in [6.45, 7) is 2.58. The lowest BCUT2D eigenvalue weighted by atomic mass is 10.2. The second-order valence-electron chi connectivity index (χ2n) is 5.93. The molecule has 120 valence electrons. The Bertz CT molecular complexity index is 721. The molecule has 2 aromatic rings. The third kappa shape index (κ3) is 2.99. The Hall–Kier alpha value is -2.56. The number of hydrogen-bond donors (Lipinski definition) is 1. The van der Waals surface area contributed by atoms with Gasteiger partial charge in [0.2, 0.25) is 5.91 Å². The van der Waals surface area contributed by atoms with Gasteiger partial charge in [-0.3, -0.25) is 9.59 Å². The summed E-state index contributed by atoms with van der Waals surface area (Å²) >= 11 is 0. The van der Waals surface area contributed by atoms with E-state index in [-0.39, 0.29) is 11.8 Å². The fourth-order valence-corrected chi connectivity index (χ4v) is 3.00. The van der Waals surface area contributed by atoms with Crippen molar-refractivity contribution in [2.24, 2.45) is 7.05 Å². The average molecular weight is 311 g/mol. The summed E-state index contributed by atoms with van der Waals surface area (Å²) in [5.74, 6) is -0.195. The predicted octanol–water partition coefficient (Wildman–Crippen LogP) is 2.58. The number of anilines is 1. The lowest BCUT2D eigenvalue weighted by molar-refractivity contribution is -0.119. The fourth-order valence-electron chi connectivity index (χ4n) is 3.00. The van der Waals surface area contributed by atoms with Crippen molar-refractivity contribution in [3.05, 3.63) is 53.9 Å². The van der Waals surface area contributed by atoms with E-state index in [0.717, 1.165) is 17.8 Å². The van der Waals surface area contributed by atoms with Crippen molar-refractivity contribution < 1.29 is 9.59 Å². The Labute approximate surface area is 135 Å². The van der Waals surface area contributed by atoms with E-state index >= 15 is 0 Å². The second kappa shape index (κ2) is 6.28. The molecule has 1 fully saturated rings. The maximum atomic E-state index is 12.8. The zero-order valence-corrected chi connectivity index (χ0v) is 13.5. The van der Waals surface area contributed by atoms with Gasteiger partial charge in [0, 0.05) is 25.0 Å². The average Bonchev–Trinajstić information content (AvgIpc) is 3.16. The van der Waals surface area contributed by atoms with E-state index in [2.05, 4.69) is 5.32 Å². The molecule has 2 heterocycles. The molecule has 0 saturated carbocycles. The van der Waals surface area contributed by atoms with Crippen molar-refractivity contribution >= 4 is 17.5 Å². The Morgan fingerprint density at radius 2 is 1.87 bits per heavy atom. The first-order valence-electron chi connectivity index (χ1n) is 7.87. The van der Waals surface area contributed by atoms with Crippen LogP contribution in [0.3, 0.4) is 0 Å². The summed E-state index contributed by atoms with van der Waals surface area (Å²) in [7, 11) is 1.87. The Morgan fingerprint density at radius 3 is 2.52 bits per heavy atom. The van der Waals surface area contributed by atoms with Gasteiger partial charge in [-0.2, -0.15) is 0 Å². The van der Waals surface area contributed by atoms with Crippen LogP contribution in [0.25, 0.3) is 0 Å². The number of hydrogen-bond acceptors (Lipinski definition) is 2.